The van der Waals surface area contributed by atoms with Gasteiger partial charge in [0.2, 0.25) is 5.91 Å². The Morgan fingerprint density at radius 1 is 1.40 bits per heavy atom. The molecule has 1 amide bonds. The van der Waals surface area contributed by atoms with Gasteiger partial charge in [-0.15, -0.1) is 11.3 Å². The van der Waals surface area contributed by atoms with Crippen molar-refractivity contribution in [2.75, 3.05) is 6.54 Å². The SMILES string of the molecule is O=C(CC1CN(Cc2nccs2)Cc2ccnn21)NCc1ccco1. The van der Waals surface area contributed by atoms with E-state index in [9.17, 15) is 4.79 Å². The first-order valence-corrected chi connectivity index (χ1v) is 9.08. The van der Waals surface area contributed by atoms with Gasteiger partial charge in [0.05, 0.1) is 37.5 Å². The summed E-state index contributed by atoms with van der Waals surface area (Å²) >= 11 is 1.66. The van der Waals surface area contributed by atoms with Crippen LogP contribution in [0.2, 0.25) is 0 Å². The Kier molecular flexibility index (Phi) is 4.62. The van der Waals surface area contributed by atoms with Gasteiger partial charge in [0, 0.05) is 30.9 Å². The first-order chi connectivity index (χ1) is 12.3. The van der Waals surface area contributed by atoms with Gasteiger partial charge in [0.1, 0.15) is 10.8 Å². The predicted molar refractivity (Wildman–Crippen MR) is 92.7 cm³/mol. The quantitative estimate of drug-likeness (QED) is 0.732. The Morgan fingerprint density at radius 2 is 2.36 bits per heavy atom. The van der Waals surface area contributed by atoms with Crippen LogP contribution in [0.4, 0.5) is 0 Å². The van der Waals surface area contributed by atoms with Crippen LogP contribution in [0.25, 0.3) is 0 Å². The summed E-state index contributed by atoms with van der Waals surface area (Å²) < 4.78 is 7.22. The summed E-state index contributed by atoms with van der Waals surface area (Å²) in [6, 6.07) is 5.70. The van der Waals surface area contributed by atoms with Gasteiger partial charge in [0.15, 0.2) is 0 Å². The molecule has 0 saturated carbocycles. The fourth-order valence-corrected chi connectivity index (χ4v) is 3.80. The zero-order valence-electron chi connectivity index (χ0n) is 13.7. The van der Waals surface area contributed by atoms with Gasteiger partial charge in [-0.05, 0) is 18.2 Å². The summed E-state index contributed by atoms with van der Waals surface area (Å²) in [7, 11) is 0. The molecule has 0 fully saturated rings. The normalized spacial score (nSPS) is 17.4. The zero-order valence-corrected chi connectivity index (χ0v) is 14.5. The van der Waals surface area contributed by atoms with E-state index in [4.69, 9.17) is 4.42 Å². The van der Waals surface area contributed by atoms with Crippen LogP contribution in [-0.4, -0.2) is 32.1 Å². The average Bonchev–Trinajstić information content (AvgIpc) is 3.35. The van der Waals surface area contributed by atoms with Crippen molar-refractivity contribution in [1.29, 1.82) is 0 Å². The van der Waals surface area contributed by atoms with E-state index in [0.717, 1.165) is 36.1 Å². The Balaban J connectivity index is 1.40. The summed E-state index contributed by atoms with van der Waals surface area (Å²) in [5.74, 6) is 0.751. The van der Waals surface area contributed by atoms with Gasteiger partial charge in [0.25, 0.3) is 0 Å². The smallest absolute Gasteiger partial charge is 0.222 e. The second kappa shape index (κ2) is 7.20. The molecule has 1 unspecified atom stereocenters. The predicted octanol–water partition coefficient (Wildman–Crippen LogP) is 2.20. The van der Waals surface area contributed by atoms with E-state index in [0.29, 0.717) is 13.0 Å². The third-order valence-electron chi connectivity index (χ3n) is 4.26. The minimum atomic E-state index is -0.000974. The Labute approximate surface area is 149 Å². The third kappa shape index (κ3) is 3.80. The molecule has 0 spiro atoms. The second-order valence-electron chi connectivity index (χ2n) is 6.08. The molecule has 0 aliphatic carbocycles. The molecule has 8 heteroatoms. The molecule has 1 atom stereocenters. The molecular formula is C17H19N5O2S. The Bertz CT molecular complexity index is 812. The lowest BCUT2D eigenvalue weighted by Crippen LogP contribution is -2.39. The number of furan rings is 1. The van der Waals surface area contributed by atoms with Crippen molar-refractivity contribution >= 4 is 17.2 Å². The number of thiazole rings is 1. The van der Waals surface area contributed by atoms with Crippen LogP contribution in [0.1, 0.15) is 28.9 Å². The maximum Gasteiger partial charge on any atom is 0.222 e. The highest BCUT2D eigenvalue weighted by molar-refractivity contribution is 7.09. The summed E-state index contributed by atoms with van der Waals surface area (Å²) in [4.78, 5) is 19.0. The van der Waals surface area contributed by atoms with Gasteiger partial charge in [-0.3, -0.25) is 14.4 Å². The average molecular weight is 357 g/mol. The van der Waals surface area contributed by atoms with Crippen LogP contribution in [0, 0.1) is 0 Å². The summed E-state index contributed by atoms with van der Waals surface area (Å²) in [6.45, 7) is 2.81. The maximum absolute atomic E-state index is 12.3. The fraction of sp³-hybridized carbons (Fsp3) is 0.353. The Hall–Kier alpha value is -2.45. The number of nitrogens with one attached hydrogen (secondary N) is 1. The number of hydrogen-bond donors (Lipinski definition) is 1. The number of fused-ring (bicyclic) bond motifs is 1. The van der Waals surface area contributed by atoms with E-state index in [2.05, 4.69) is 20.3 Å². The summed E-state index contributed by atoms with van der Waals surface area (Å²) in [5.41, 5.74) is 1.13. The minimum absolute atomic E-state index is 0.000974. The molecule has 7 nitrogen and oxygen atoms in total. The van der Waals surface area contributed by atoms with Crippen LogP contribution in [0.3, 0.4) is 0 Å². The first kappa shape index (κ1) is 16.0. The summed E-state index contributed by atoms with van der Waals surface area (Å²) in [5, 5.41) is 10.4. The highest BCUT2D eigenvalue weighted by Crippen LogP contribution is 2.24. The molecule has 1 N–H and O–H groups in total. The molecule has 130 valence electrons. The van der Waals surface area contributed by atoms with E-state index in [1.54, 1.807) is 23.8 Å². The van der Waals surface area contributed by atoms with E-state index in [1.165, 1.54) is 0 Å². The topological polar surface area (TPSA) is 76.2 Å². The molecule has 1 aliphatic heterocycles. The van der Waals surface area contributed by atoms with Crippen molar-refractivity contribution in [2.45, 2.75) is 32.1 Å². The molecule has 3 aromatic rings. The molecule has 0 saturated heterocycles. The largest absolute Gasteiger partial charge is 0.467 e. The number of carbonyl (C=O) groups is 1. The molecule has 4 rings (SSSR count). The van der Waals surface area contributed by atoms with Crippen molar-refractivity contribution < 1.29 is 9.21 Å². The number of rotatable bonds is 6. The number of nitrogens with zero attached hydrogens (tertiary/aromatic N) is 4. The summed E-state index contributed by atoms with van der Waals surface area (Å²) in [6.07, 6.45) is 5.63. The van der Waals surface area contributed by atoms with Crippen LogP contribution in [0.15, 0.2) is 46.7 Å². The van der Waals surface area contributed by atoms with Crippen LogP contribution >= 0.6 is 11.3 Å². The van der Waals surface area contributed by atoms with Crippen molar-refractivity contribution in [3.05, 3.63) is 58.7 Å². The minimum Gasteiger partial charge on any atom is -0.467 e. The van der Waals surface area contributed by atoms with Crippen LogP contribution in [0.5, 0.6) is 0 Å². The van der Waals surface area contributed by atoms with Crippen LogP contribution < -0.4 is 5.32 Å². The van der Waals surface area contributed by atoms with Gasteiger partial charge in [-0.2, -0.15) is 5.10 Å². The monoisotopic (exact) mass is 357 g/mol. The molecule has 0 bridgehead atoms. The number of hydrogen-bond acceptors (Lipinski definition) is 6. The molecule has 3 aromatic heterocycles. The van der Waals surface area contributed by atoms with E-state index < -0.39 is 0 Å². The van der Waals surface area contributed by atoms with Gasteiger partial charge in [-0.1, -0.05) is 0 Å². The lowest BCUT2D eigenvalue weighted by Gasteiger charge is -2.33. The fourth-order valence-electron chi connectivity index (χ4n) is 3.14. The van der Waals surface area contributed by atoms with Crippen molar-refractivity contribution in [3.8, 4) is 0 Å². The van der Waals surface area contributed by atoms with Gasteiger partial charge >= 0.3 is 0 Å². The zero-order chi connectivity index (χ0) is 17.1. The highest BCUT2D eigenvalue weighted by Gasteiger charge is 2.27. The van der Waals surface area contributed by atoms with Crippen molar-refractivity contribution in [2.24, 2.45) is 0 Å². The first-order valence-electron chi connectivity index (χ1n) is 8.20. The van der Waals surface area contributed by atoms with Crippen LogP contribution in [-0.2, 0) is 24.4 Å². The number of carbonyl (C=O) groups excluding carboxylic acids is 1. The lowest BCUT2D eigenvalue weighted by molar-refractivity contribution is -0.122. The molecule has 25 heavy (non-hydrogen) atoms. The van der Waals surface area contributed by atoms with E-state index in [-0.39, 0.29) is 11.9 Å². The third-order valence-corrected chi connectivity index (χ3v) is 5.02. The van der Waals surface area contributed by atoms with Crippen molar-refractivity contribution in [1.82, 2.24) is 25.0 Å². The van der Waals surface area contributed by atoms with Crippen molar-refractivity contribution in [3.63, 3.8) is 0 Å². The lowest BCUT2D eigenvalue weighted by atomic mass is 10.1. The van der Waals surface area contributed by atoms with E-state index >= 15 is 0 Å². The highest BCUT2D eigenvalue weighted by atomic mass is 32.1. The maximum atomic E-state index is 12.3. The van der Waals surface area contributed by atoms with Gasteiger partial charge in [-0.25, -0.2) is 4.98 Å². The number of amides is 1. The molecular weight excluding hydrogens is 338 g/mol. The Morgan fingerprint density at radius 3 is 3.16 bits per heavy atom. The molecule has 4 heterocycles. The second-order valence-corrected chi connectivity index (χ2v) is 7.06. The molecule has 1 aliphatic rings. The number of aromatic nitrogens is 3. The standard InChI is InChI=1S/C17H19N5O2S/c23-16(19-9-15-2-1-6-24-15)8-14-11-21(12-17-18-5-7-25-17)10-13-3-4-20-22(13)14/h1-7,14H,8-12H2,(H,19,23). The van der Waals surface area contributed by atoms with E-state index in [1.807, 2.05) is 34.5 Å². The molecule has 0 radical (unpaired) electrons. The molecule has 0 aromatic carbocycles. The van der Waals surface area contributed by atoms with Gasteiger partial charge < -0.3 is 9.73 Å².